The third-order valence-corrected chi connectivity index (χ3v) is 7.36. The fourth-order valence-electron chi connectivity index (χ4n) is 5.29. The van der Waals surface area contributed by atoms with Gasteiger partial charge in [0.05, 0.1) is 0 Å². The number of aromatic nitrogens is 2. The van der Waals surface area contributed by atoms with Crippen LogP contribution in [0.2, 0.25) is 0 Å². The van der Waals surface area contributed by atoms with E-state index in [1.165, 1.54) is 21.7 Å². The summed E-state index contributed by atoms with van der Waals surface area (Å²) in [6.45, 7) is 2.05. The summed E-state index contributed by atoms with van der Waals surface area (Å²) in [4.78, 5) is 8.73. The molecule has 0 fully saturated rings. The Kier molecular flexibility index (Phi) is 8.24. The molecule has 0 atom stereocenters. The number of nitrogens with zero attached hydrogens (tertiary/aromatic N) is 2. The van der Waals surface area contributed by atoms with Crippen LogP contribution in [0.3, 0.4) is 0 Å². The summed E-state index contributed by atoms with van der Waals surface area (Å²) in [5.41, 5.74) is 9.30. The molecule has 0 aliphatic carbocycles. The molecule has 5 aromatic carbocycles. The zero-order valence-corrected chi connectivity index (χ0v) is 25.8. The van der Waals surface area contributed by atoms with Gasteiger partial charge in [0.2, 0.25) is 0 Å². The second-order valence-corrected chi connectivity index (χ2v) is 10.1. The van der Waals surface area contributed by atoms with E-state index in [0.29, 0.717) is 0 Å². The number of hydrogen-bond acceptors (Lipinski definition) is 3. The molecule has 3 nitrogen and oxygen atoms in total. The number of aryl methyl sites for hydroxylation is 1. The summed E-state index contributed by atoms with van der Waals surface area (Å²) in [6.07, 6.45) is 3.68. The molecule has 0 aliphatic heterocycles. The zero-order valence-electron chi connectivity index (χ0n) is 23.4. The summed E-state index contributed by atoms with van der Waals surface area (Å²) in [5.74, 6) is 0. The van der Waals surface area contributed by atoms with Crippen LogP contribution in [0.25, 0.3) is 66.4 Å². The van der Waals surface area contributed by atoms with Gasteiger partial charge in [0.15, 0.2) is 0 Å². The van der Waals surface area contributed by atoms with Crippen molar-refractivity contribution in [1.29, 1.82) is 0 Å². The fourth-order valence-corrected chi connectivity index (χ4v) is 5.29. The summed E-state index contributed by atoms with van der Waals surface area (Å²) >= 11 is 0. The first-order chi connectivity index (χ1) is 20.7. The predicted octanol–water partition coefficient (Wildman–Crippen LogP) is 10.1. The second-order valence-electron chi connectivity index (χ2n) is 10.1. The number of furan rings is 1. The number of pyridine rings is 2. The molecule has 0 N–H and O–H groups in total. The Balaban J connectivity index is 0.000000213. The molecule has 3 aromatic heterocycles. The van der Waals surface area contributed by atoms with E-state index < -0.39 is 0 Å². The maximum Gasteiger partial charge on any atom is 0.136 e. The molecule has 3 heterocycles. The van der Waals surface area contributed by atoms with Crippen LogP contribution in [-0.4, -0.2) is 9.97 Å². The maximum atomic E-state index is 6.07. The molecule has 8 rings (SSSR count). The van der Waals surface area contributed by atoms with Crippen LogP contribution in [0.15, 0.2) is 144 Å². The minimum absolute atomic E-state index is 0. The van der Waals surface area contributed by atoms with E-state index in [1.807, 2.05) is 73.8 Å². The minimum atomic E-state index is 0. The molecule has 0 saturated heterocycles. The van der Waals surface area contributed by atoms with Crippen molar-refractivity contribution in [3.63, 3.8) is 0 Å². The van der Waals surface area contributed by atoms with Crippen molar-refractivity contribution in [3.05, 3.63) is 157 Å². The number of para-hydroxylation sites is 1. The Morgan fingerprint density at radius 2 is 1.40 bits per heavy atom. The van der Waals surface area contributed by atoms with Crippen LogP contribution in [0.4, 0.5) is 0 Å². The van der Waals surface area contributed by atoms with Gasteiger partial charge in [0, 0.05) is 43.3 Å². The zero-order chi connectivity index (χ0) is 28.3. The molecule has 0 saturated carbocycles. The Morgan fingerprint density at radius 1 is 0.581 bits per heavy atom. The van der Waals surface area contributed by atoms with Gasteiger partial charge >= 0.3 is 0 Å². The van der Waals surface area contributed by atoms with Crippen LogP contribution in [0.5, 0.6) is 0 Å². The second kappa shape index (κ2) is 12.5. The monoisotopic (exact) mass is 731 g/mol. The van der Waals surface area contributed by atoms with Gasteiger partial charge < -0.3 is 14.4 Å². The SMILES string of the molecule is Cc1ccc(-c2[c-]cc(-c3cccc4c3ccc3oc5ccccc5c34)cc2)nc1.[Ir].[c-]1ccccc1-c1ccccn1. The van der Waals surface area contributed by atoms with Crippen molar-refractivity contribution in [3.8, 4) is 33.6 Å². The number of hydrogen-bond donors (Lipinski definition) is 0. The Hall–Kier alpha value is -4.89. The first kappa shape index (κ1) is 28.2. The predicted molar refractivity (Wildman–Crippen MR) is 172 cm³/mol. The minimum Gasteiger partial charge on any atom is -0.456 e. The van der Waals surface area contributed by atoms with E-state index in [4.69, 9.17) is 4.42 Å². The summed E-state index contributed by atoms with van der Waals surface area (Å²) in [6, 6.07) is 49.6. The summed E-state index contributed by atoms with van der Waals surface area (Å²) in [5, 5.41) is 4.75. The largest absolute Gasteiger partial charge is 0.456 e. The van der Waals surface area contributed by atoms with E-state index >= 15 is 0 Å². The van der Waals surface area contributed by atoms with Gasteiger partial charge in [-0.2, -0.15) is 0 Å². The van der Waals surface area contributed by atoms with Crippen molar-refractivity contribution in [1.82, 2.24) is 9.97 Å². The van der Waals surface area contributed by atoms with Gasteiger partial charge in [-0.25, -0.2) is 0 Å². The molecular weight excluding hydrogens is 705 g/mol. The molecule has 43 heavy (non-hydrogen) atoms. The molecular formula is C39H26IrN2O-2. The van der Waals surface area contributed by atoms with Crippen molar-refractivity contribution in [2.75, 3.05) is 0 Å². The molecule has 0 aliphatic rings. The molecule has 0 unspecified atom stereocenters. The number of benzene rings is 5. The van der Waals surface area contributed by atoms with E-state index in [0.717, 1.165) is 50.2 Å². The standard InChI is InChI=1S/C28H18NO.C11H8N.Ir/c1-18-9-15-25(29-17-18)20-12-10-19(11-13-20)21-6-4-7-23-22(21)14-16-27-28(23)24-5-2-3-8-26(24)30-27;1-2-6-10(7-3-1)11-8-4-5-9-12-11;/h2-12,14-17H,1H3;1-6,8-9H;/q2*-1;. The van der Waals surface area contributed by atoms with Crippen molar-refractivity contribution in [2.24, 2.45) is 0 Å². The molecule has 0 bridgehead atoms. The van der Waals surface area contributed by atoms with E-state index in [-0.39, 0.29) is 20.1 Å². The van der Waals surface area contributed by atoms with Gasteiger partial charge in [-0.3, -0.25) is 0 Å². The summed E-state index contributed by atoms with van der Waals surface area (Å²) in [7, 11) is 0. The first-order valence-corrected chi connectivity index (χ1v) is 13.9. The average Bonchev–Trinajstić information content (AvgIpc) is 3.45. The molecule has 1 radical (unpaired) electrons. The third kappa shape index (κ3) is 5.76. The molecule has 4 heteroatoms. The van der Waals surface area contributed by atoms with E-state index in [9.17, 15) is 0 Å². The quantitative estimate of drug-likeness (QED) is 0.170. The average molecular weight is 731 g/mol. The Bertz CT molecular complexity index is 2080. The van der Waals surface area contributed by atoms with E-state index in [1.54, 1.807) is 6.20 Å². The summed E-state index contributed by atoms with van der Waals surface area (Å²) < 4.78 is 6.07. The topological polar surface area (TPSA) is 38.9 Å². The van der Waals surface area contributed by atoms with Crippen LogP contribution >= 0.6 is 0 Å². The molecule has 8 aromatic rings. The molecule has 0 spiro atoms. The maximum absolute atomic E-state index is 6.07. The van der Waals surface area contributed by atoms with Gasteiger partial charge in [0.1, 0.15) is 11.2 Å². The van der Waals surface area contributed by atoms with Gasteiger partial charge in [-0.15, -0.1) is 65.7 Å². The number of rotatable bonds is 3. The Labute approximate surface area is 264 Å². The number of fused-ring (bicyclic) bond motifs is 5. The normalized spacial score (nSPS) is 10.7. The van der Waals surface area contributed by atoms with Crippen molar-refractivity contribution < 1.29 is 24.5 Å². The van der Waals surface area contributed by atoms with Crippen LogP contribution in [-0.2, 0) is 20.1 Å². The fraction of sp³-hybridized carbons (Fsp3) is 0.0256. The van der Waals surface area contributed by atoms with E-state index in [2.05, 4.69) is 88.8 Å². The van der Waals surface area contributed by atoms with Crippen molar-refractivity contribution in [2.45, 2.75) is 6.92 Å². The van der Waals surface area contributed by atoms with Crippen LogP contribution in [0.1, 0.15) is 5.56 Å². The first-order valence-electron chi connectivity index (χ1n) is 13.9. The van der Waals surface area contributed by atoms with Crippen LogP contribution in [0, 0.1) is 19.1 Å². The van der Waals surface area contributed by atoms with Crippen molar-refractivity contribution >= 4 is 32.7 Å². The van der Waals surface area contributed by atoms with Gasteiger partial charge in [-0.1, -0.05) is 77.9 Å². The molecule has 0 amide bonds. The third-order valence-electron chi connectivity index (χ3n) is 7.36. The van der Waals surface area contributed by atoms with Crippen LogP contribution < -0.4 is 0 Å². The Morgan fingerprint density at radius 3 is 2.16 bits per heavy atom. The van der Waals surface area contributed by atoms with Gasteiger partial charge in [0.25, 0.3) is 0 Å². The smallest absolute Gasteiger partial charge is 0.136 e. The van der Waals surface area contributed by atoms with Gasteiger partial charge in [-0.05, 0) is 52.8 Å². The molecule has 209 valence electrons.